The summed E-state index contributed by atoms with van der Waals surface area (Å²) in [6, 6.07) is 2.48. The van der Waals surface area contributed by atoms with E-state index in [4.69, 9.17) is 14.3 Å². The molecule has 100 valence electrons. The Kier molecular flexibility index (Phi) is 4.36. The summed E-state index contributed by atoms with van der Waals surface area (Å²) in [5.41, 5.74) is -0.638. The number of nitrogens with one attached hydrogen (secondary N) is 1. The topological polar surface area (TPSA) is 88.8 Å². The van der Waals surface area contributed by atoms with Crippen LogP contribution in [0, 0.1) is 0 Å². The molecule has 0 aliphatic rings. The molecule has 0 radical (unpaired) electrons. The maximum Gasteiger partial charge on any atom is 0.408 e. The number of hydrogen-bond donors (Lipinski definition) is 2. The first kappa shape index (κ1) is 14.1. The first-order chi connectivity index (χ1) is 8.28. The minimum atomic E-state index is -1.03. The van der Waals surface area contributed by atoms with Crippen molar-refractivity contribution in [3.05, 3.63) is 24.2 Å². The van der Waals surface area contributed by atoms with Crippen LogP contribution in [-0.2, 0) is 9.53 Å². The zero-order valence-corrected chi connectivity index (χ0v) is 10.6. The molecule has 2 N–H and O–H groups in total. The van der Waals surface area contributed by atoms with Gasteiger partial charge in [0.15, 0.2) is 0 Å². The molecular weight excluding hydrogens is 238 g/mol. The quantitative estimate of drug-likeness (QED) is 0.861. The molecule has 0 aliphatic carbocycles. The molecule has 0 fully saturated rings. The van der Waals surface area contributed by atoms with Crippen LogP contribution < -0.4 is 5.32 Å². The van der Waals surface area contributed by atoms with Gasteiger partial charge in [-0.1, -0.05) is 0 Å². The smallest absolute Gasteiger partial charge is 0.408 e. The van der Waals surface area contributed by atoms with E-state index in [-0.39, 0.29) is 6.42 Å². The maximum atomic E-state index is 11.6. The average molecular weight is 255 g/mol. The van der Waals surface area contributed by atoms with Crippen molar-refractivity contribution >= 4 is 12.1 Å². The van der Waals surface area contributed by atoms with Crippen LogP contribution in [0.1, 0.15) is 39.0 Å². The van der Waals surface area contributed by atoms with Gasteiger partial charge in [-0.2, -0.15) is 0 Å². The lowest BCUT2D eigenvalue weighted by molar-refractivity contribution is -0.137. The van der Waals surface area contributed by atoms with Gasteiger partial charge in [-0.05, 0) is 32.9 Å². The zero-order valence-electron chi connectivity index (χ0n) is 10.6. The average Bonchev–Trinajstić information content (AvgIpc) is 2.64. The largest absolute Gasteiger partial charge is 0.481 e. The first-order valence-electron chi connectivity index (χ1n) is 5.52. The third-order valence-corrected chi connectivity index (χ3v) is 1.96. The van der Waals surface area contributed by atoms with Crippen LogP contribution in [0.15, 0.2) is 22.8 Å². The van der Waals surface area contributed by atoms with Crippen LogP contribution in [-0.4, -0.2) is 22.8 Å². The Morgan fingerprint density at radius 3 is 2.61 bits per heavy atom. The van der Waals surface area contributed by atoms with Crippen LogP contribution in [0.5, 0.6) is 0 Å². The van der Waals surface area contributed by atoms with Crippen molar-refractivity contribution in [3.8, 4) is 0 Å². The lowest BCUT2D eigenvalue weighted by Crippen LogP contribution is -2.35. The summed E-state index contributed by atoms with van der Waals surface area (Å²) in [6.45, 7) is 5.18. The highest BCUT2D eigenvalue weighted by molar-refractivity contribution is 5.71. The highest BCUT2D eigenvalue weighted by Gasteiger charge is 2.23. The van der Waals surface area contributed by atoms with Crippen LogP contribution in [0.4, 0.5) is 4.79 Å². The van der Waals surface area contributed by atoms with E-state index in [0.29, 0.717) is 5.76 Å². The van der Waals surface area contributed by atoms with E-state index in [1.54, 1.807) is 32.9 Å². The van der Waals surface area contributed by atoms with Crippen molar-refractivity contribution in [3.63, 3.8) is 0 Å². The molecule has 6 nitrogen and oxygen atoms in total. The lowest BCUT2D eigenvalue weighted by atomic mass is 10.1. The van der Waals surface area contributed by atoms with Gasteiger partial charge in [-0.3, -0.25) is 4.79 Å². The minimum absolute atomic E-state index is 0.271. The number of carboxylic acids is 1. The van der Waals surface area contributed by atoms with Crippen molar-refractivity contribution in [1.29, 1.82) is 0 Å². The highest BCUT2D eigenvalue weighted by Crippen LogP contribution is 2.18. The Bertz CT molecular complexity index is 405. The summed E-state index contributed by atoms with van der Waals surface area (Å²) in [7, 11) is 0. The molecule has 1 rings (SSSR count). The monoisotopic (exact) mass is 255 g/mol. The number of rotatable bonds is 4. The molecule has 0 unspecified atom stereocenters. The van der Waals surface area contributed by atoms with Gasteiger partial charge in [0.1, 0.15) is 17.4 Å². The number of hydrogen-bond acceptors (Lipinski definition) is 4. The van der Waals surface area contributed by atoms with Crippen molar-refractivity contribution in [1.82, 2.24) is 5.32 Å². The SMILES string of the molecule is CC(C)(C)OC(=O)N[C@@H](CC(=O)O)c1ccco1. The van der Waals surface area contributed by atoms with E-state index >= 15 is 0 Å². The maximum absolute atomic E-state index is 11.6. The normalized spacial score (nSPS) is 12.8. The Balaban J connectivity index is 2.68. The Morgan fingerprint density at radius 2 is 2.17 bits per heavy atom. The molecule has 1 heterocycles. The predicted molar refractivity (Wildman–Crippen MR) is 63.1 cm³/mol. The van der Waals surface area contributed by atoms with Gasteiger partial charge in [0.25, 0.3) is 0 Å². The predicted octanol–water partition coefficient (Wildman–Crippen LogP) is 2.32. The zero-order chi connectivity index (χ0) is 13.8. The van der Waals surface area contributed by atoms with Crippen LogP contribution in [0.3, 0.4) is 0 Å². The first-order valence-corrected chi connectivity index (χ1v) is 5.52. The Morgan fingerprint density at radius 1 is 1.50 bits per heavy atom. The van der Waals surface area contributed by atoms with Gasteiger partial charge < -0.3 is 19.6 Å². The number of ether oxygens (including phenoxy) is 1. The lowest BCUT2D eigenvalue weighted by Gasteiger charge is -2.22. The second-order valence-electron chi connectivity index (χ2n) is 4.81. The van der Waals surface area contributed by atoms with Crippen molar-refractivity contribution < 1.29 is 23.8 Å². The third-order valence-electron chi connectivity index (χ3n) is 1.96. The van der Waals surface area contributed by atoms with Crippen molar-refractivity contribution in [2.75, 3.05) is 0 Å². The molecule has 1 atom stereocenters. The standard InChI is InChI=1S/C12H17NO5/c1-12(2,3)18-11(16)13-8(7-10(14)15)9-5-4-6-17-9/h4-6,8H,7H2,1-3H3,(H,13,16)(H,14,15)/t8-/m0/s1. The minimum Gasteiger partial charge on any atom is -0.481 e. The summed E-state index contributed by atoms with van der Waals surface area (Å²) >= 11 is 0. The fourth-order valence-corrected chi connectivity index (χ4v) is 1.34. The molecule has 0 aromatic carbocycles. The van der Waals surface area contributed by atoms with E-state index in [2.05, 4.69) is 5.32 Å². The van der Waals surface area contributed by atoms with E-state index in [0.717, 1.165) is 0 Å². The van der Waals surface area contributed by atoms with E-state index < -0.39 is 23.7 Å². The van der Waals surface area contributed by atoms with Crippen LogP contribution >= 0.6 is 0 Å². The van der Waals surface area contributed by atoms with Gasteiger partial charge in [-0.25, -0.2) is 4.79 Å². The fourth-order valence-electron chi connectivity index (χ4n) is 1.34. The Labute approximate surface area is 105 Å². The van der Waals surface area contributed by atoms with Crippen LogP contribution in [0.25, 0.3) is 0 Å². The van der Waals surface area contributed by atoms with E-state index in [1.807, 2.05) is 0 Å². The molecule has 1 aromatic rings. The third kappa shape index (κ3) is 4.90. The van der Waals surface area contributed by atoms with Gasteiger partial charge in [-0.15, -0.1) is 0 Å². The molecule has 1 amide bonds. The van der Waals surface area contributed by atoms with Crippen molar-refractivity contribution in [2.24, 2.45) is 0 Å². The van der Waals surface area contributed by atoms with Gasteiger partial charge in [0, 0.05) is 0 Å². The molecule has 0 bridgehead atoms. The summed E-state index contributed by atoms with van der Waals surface area (Å²) in [6.07, 6.45) is 0.471. The second-order valence-corrected chi connectivity index (χ2v) is 4.81. The van der Waals surface area contributed by atoms with Gasteiger partial charge >= 0.3 is 12.1 Å². The second kappa shape index (κ2) is 5.57. The molecule has 6 heteroatoms. The van der Waals surface area contributed by atoms with E-state index in [1.165, 1.54) is 6.26 Å². The number of amides is 1. The molecule has 18 heavy (non-hydrogen) atoms. The molecular formula is C12H17NO5. The number of carbonyl (C=O) groups is 2. The number of carboxylic acid groups (broad SMARTS) is 1. The summed E-state index contributed by atoms with van der Waals surface area (Å²) in [4.78, 5) is 22.3. The number of aliphatic carboxylic acids is 1. The summed E-state index contributed by atoms with van der Waals surface area (Å²) < 4.78 is 10.2. The fraction of sp³-hybridized carbons (Fsp3) is 0.500. The number of carbonyl (C=O) groups excluding carboxylic acids is 1. The Hall–Kier alpha value is -1.98. The van der Waals surface area contributed by atoms with Gasteiger partial charge in [0.2, 0.25) is 0 Å². The summed E-state index contributed by atoms with van der Waals surface area (Å²) in [5.74, 6) is -0.657. The number of furan rings is 1. The van der Waals surface area contributed by atoms with Gasteiger partial charge in [0.05, 0.1) is 12.7 Å². The summed E-state index contributed by atoms with van der Waals surface area (Å²) in [5, 5.41) is 11.3. The van der Waals surface area contributed by atoms with E-state index in [9.17, 15) is 9.59 Å². The number of alkyl carbamates (subject to hydrolysis) is 1. The molecule has 1 aromatic heterocycles. The van der Waals surface area contributed by atoms with Crippen LogP contribution in [0.2, 0.25) is 0 Å². The molecule has 0 aliphatic heterocycles. The highest BCUT2D eigenvalue weighted by atomic mass is 16.6. The van der Waals surface area contributed by atoms with Crippen molar-refractivity contribution in [2.45, 2.75) is 38.8 Å². The molecule has 0 saturated carbocycles. The molecule has 0 saturated heterocycles. The molecule has 0 spiro atoms.